The third-order valence-corrected chi connectivity index (χ3v) is 3.70. The molecule has 1 aliphatic heterocycles. The summed E-state index contributed by atoms with van der Waals surface area (Å²) < 4.78 is 40.0. The van der Waals surface area contributed by atoms with Gasteiger partial charge in [0.1, 0.15) is 5.75 Å². The zero-order valence-corrected chi connectivity index (χ0v) is 14.1. The van der Waals surface area contributed by atoms with Gasteiger partial charge in [-0.05, 0) is 44.2 Å². The van der Waals surface area contributed by atoms with Crippen molar-refractivity contribution in [3.05, 3.63) is 53.1 Å². The molecule has 6 nitrogen and oxygen atoms in total. The van der Waals surface area contributed by atoms with Gasteiger partial charge >= 0.3 is 6.61 Å². The molecule has 1 heterocycles. The van der Waals surface area contributed by atoms with E-state index >= 15 is 0 Å². The number of ether oxygens (including phenoxy) is 3. The predicted octanol–water partition coefficient (Wildman–Crippen LogP) is 3.48. The van der Waals surface area contributed by atoms with Crippen LogP contribution in [0.1, 0.15) is 28.4 Å². The molecule has 136 valence electrons. The van der Waals surface area contributed by atoms with Crippen LogP contribution in [-0.4, -0.2) is 25.0 Å². The van der Waals surface area contributed by atoms with E-state index in [4.69, 9.17) is 9.47 Å². The lowest BCUT2D eigenvalue weighted by Crippen LogP contribution is -2.19. The molecular weight excluding hydrogens is 346 g/mol. The van der Waals surface area contributed by atoms with Crippen molar-refractivity contribution in [1.29, 1.82) is 0 Å². The Kier molecular flexibility index (Phi) is 5.01. The lowest BCUT2D eigenvalue weighted by molar-refractivity contribution is -0.0499. The molecule has 0 spiro atoms. The minimum atomic E-state index is -2.95. The number of halogens is 2. The van der Waals surface area contributed by atoms with E-state index in [0.29, 0.717) is 28.3 Å². The molecule has 0 aliphatic carbocycles. The molecule has 0 saturated heterocycles. The average molecular weight is 362 g/mol. The molecule has 2 aromatic carbocycles. The van der Waals surface area contributed by atoms with Gasteiger partial charge in [-0.2, -0.15) is 13.9 Å². The highest BCUT2D eigenvalue weighted by Gasteiger charge is 2.17. The van der Waals surface area contributed by atoms with Crippen molar-refractivity contribution >= 4 is 11.6 Å². The molecule has 26 heavy (non-hydrogen) atoms. The second-order valence-electron chi connectivity index (χ2n) is 5.58. The number of hydrogen-bond donors (Lipinski definition) is 1. The van der Waals surface area contributed by atoms with Gasteiger partial charge < -0.3 is 14.2 Å². The fraction of sp³-hybridized carbons (Fsp3) is 0.222. The summed E-state index contributed by atoms with van der Waals surface area (Å²) in [6.45, 7) is 0.562. The molecule has 8 heteroatoms. The highest BCUT2D eigenvalue weighted by atomic mass is 19.3. The van der Waals surface area contributed by atoms with Gasteiger partial charge in [0.15, 0.2) is 11.5 Å². The summed E-state index contributed by atoms with van der Waals surface area (Å²) in [5.41, 5.74) is 4.28. The second kappa shape index (κ2) is 7.38. The summed E-state index contributed by atoms with van der Waals surface area (Å²) in [5, 5.41) is 3.99. The van der Waals surface area contributed by atoms with Gasteiger partial charge in [0.05, 0.1) is 5.71 Å². The topological polar surface area (TPSA) is 69.2 Å². The van der Waals surface area contributed by atoms with Crippen molar-refractivity contribution in [3.63, 3.8) is 0 Å². The van der Waals surface area contributed by atoms with Gasteiger partial charge in [0, 0.05) is 11.1 Å². The average Bonchev–Trinajstić information content (AvgIpc) is 3.08. The van der Waals surface area contributed by atoms with E-state index in [2.05, 4.69) is 15.3 Å². The maximum atomic E-state index is 12.6. The van der Waals surface area contributed by atoms with E-state index in [1.165, 1.54) is 6.07 Å². The highest BCUT2D eigenvalue weighted by Crippen LogP contribution is 2.32. The van der Waals surface area contributed by atoms with Gasteiger partial charge in [-0.1, -0.05) is 11.6 Å². The molecule has 0 aromatic heterocycles. The van der Waals surface area contributed by atoms with E-state index in [-0.39, 0.29) is 12.5 Å². The molecule has 0 unspecified atom stereocenters. The Hall–Kier alpha value is -3.16. The van der Waals surface area contributed by atoms with Crippen molar-refractivity contribution in [2.75, 3.05) is 6.79 Å². The number of carbonyl (C=O) groups is 1. The Bertz CT molecular complexity index is 868. The summed E-state index contributed by atoms with van der Waals surface area (Å²) in [7, 11) is 0. The Balaban J connectivity index is 1.78. The maximum absolute atomic E-state index is 12.6. The summed E-state index contributed by atoms with van der Waals surface area (Å²) in [6.07, 6.45) is 0. The van der Waals surface area contributed by atoms with Crippen LogP contribution in [0.4, 0.5) is 8.78 Å². The van der Waals surface area contributed by atoms with Gasteiger partial charge in [-0.25, -0.2) is 5.43 Å². The Labute approximate surface area is 148 Å². The lowest BCUT2D eigenvalue weighted by atomic mass is 10.1. The van der Waals surface area contributed by atoms with Crippen LogP contribution in [0.2, 0.25) is 0 Å². The van der Waals surface area contributed by atoms with Crippen LogP contribution < -0.4 is 19.6 Å². The molecule has 0 atom stereocenters. The number of rotatable bonds is 5. The first kappa shape index (κ1) is 17.7. The van der Waals surface area contributed by atoms with Crippen LogP contribution in [-0.2, 0) is 0 Å². The summed E-state index contributed by atoms with van der Waals surface area (Å²) >= 11 is 0. The Morgan fingerprint density at radius 1 is 1.19 bits per heavy atom. The molecule has 0 saturated carbocycles. The highest BCUT2D eigenvalue weighted by molar-refractivity contribution is 6.03. The molecular formula is C18H16F2N2O4. The van der Waals surface area contributed by atoms with E-state index < -0.39 is 12.5 Å². The maximum Gasteiger partial charge on any atom is 0.387 e. The standard InChI is InChI=1S/C18H16F2N2O4/c1-10-3-5-14(26-18(19)20)13(7-10)11(2)21-22-17(23)12-4-6-15-16(8-12)25-9-24-15/h3-8,18H,9H2,1-2H3,(H,22,23)/b21-11-. The van der Waals surface area contributed by atoms with Crippen molar-refractivity contribution in [3.8, 4) is 17.2 Å². The molecule has 0 fully saturated rings. The smallest absolute Gasteiger partial charge is 0.387 e. The summed E-state index contributed by atoms with van der Waals surface area (Å²) in [5.74, 6) is 0.565. The molecule has 1 aliphatic rings. The number of alkyl halides is 2. The number of aryl methyl sites for hydroxylation is 1. The van der Waals surface area contributed by atoms with Crippen molar-refractivity contribution in [2.24, 2.45) is 5.10 Å². The fourth-order valence-corrected chi connectivity index (χ4v) is 2.42. The molecule has 1 amide bonds. The van der Waals surface area contributed by atoms with Crippen LogP contribution >= 0.6 is 0 Å². The number of nitrogens with zero attached hydrogens (tertiary/aromatic N) is 1. The molecule has 0 radical (unpaired) electrons. The van der Waals surface area contributed by atoms with Crippen LogP contribution in [0.5, 0.6) is 17.2 Å². The van der Waals surface area contributed by atoms with Crippen LogP contribution in [0.25, 0.3) is 0 Å². The number of fused-ring (bicyclic) bond motifs is 1. The Morgan fingerprint density at radius 2 is 1.96 bits per heavy atom. The third-order valence-electron chi connectivity index (χ3n) is 3.70. The molecule has 3 rings (SSSR count). The second-order valence-corrected chi connectivity index (χ2v) is 5.58. The van der Waals surface area contributed by atoms with Gasteiger partial charge in [0.25, 0.3) is 5.91 Å². The number of carbonyl (C=O) groups excluding carboxylic acids is 1. The van der Waals surface area contributed by atoms with Gasteiger partial charge in [0.2, 0.25) is 6.79 Å². The van der Waals surface area contributed by atoms with Gasteiger partial charge in [-0.3, -0.25) is 4.79 Å². The number of hydrogen-bond acceptors (Lipinski definition) is 5. The fourth-order valence-electron chi connectivity index (χ4n) is 2.42. The van der Waals surface area contributed by atoms with Crippen LogP contribution in [0.15, 0.2) is 41.5 Å². The Morgan fingerprint density at radius 3 is 2.73 bits per heavy atom. The molecule has 0 bridgehead atoms. The van der Waals surface area contributed by atoms with Crippen LogP contribution in [0, 0.1) is 6.92 Å². The first-order valence-electron chi connectivity index (χ1n) is 7.74. The SMILES string of the molecule is C/C(=N/NC(=O)c1ccc2c(c1)OCO2)c1cc(C)ccc1OC(F)F. The number of nitrogens with one attached hydrogen (secondary N) is 1. The van der Waals surface area contributed by atoms with E-state index in [9.17, 15) is 13.6 Å². The zero-order chi connectivity index (χ0) is 18.7. The third kappa shape index (κ3) is 3.90. The van der Waals surface area contributed by atoms with Crippen molar-refractivity contribution in [1.82, 2.24) is 5.43 Å². The summed E-state index contributed by atoms with van der Waals surface area (Å²) in [6, 6.07) is 9.49. The number of amides is 1. The number of hydrazone groups is 1. The van der Waals surface area contributed by atoms with Crippen LogP contribution in [0.3, 0.4) is 0 Å². The zero-order valence-electron chi connectivity index (χ0n) is 14.1. The largest absolute Gasteiger partial charge is 0.454 e. The molecule has 2 aromatic rings. The normalized spacial score (nSPS) is 13.0. The predicted molar refractivity (Wildman–Crippen MR) is 90.1 cm³/mol. The van der Waals surface area contributed by atoms with E-state index in [1.807, 2.05) is 6.92 Å². The van der Waals surface area contributed by atoms with E-state index in [1.54, 1.807) is 37.3 Å². The number of benzene rings is 2. The monoisotopic (exact) mass is 362 g/mol. The van der Waals surface area contributed by atoms with Crippen molar-refractivity contribution < 1.29 is 27.8 Å². The van der Waals surface area contributed by atoms with E-state index in [0.717, 1.165) is 5.56 Å². The quantitative estimate of drug-likeness (QED) is 0.653. The molecule has 1 N–H and O–H groups in total. The summed E-state index contributed by atoms with van der Waals surface area (Å²) in [4.78, 5) is 12.2. The van der Waals surface area contributed by atoms with Gasteiger partial charge in [-0.15, -0.1) is 0 Å². The van der Waals surface area contributed by atoms with Crippen molar-refractivity contribution in [2.45, 2.75) is 20.5 Å². The lowest BCUT2D eigenvalue weighted by Gasteiger charge is -2.11. The first-order valence-corrected chi connectivity index (χ1v) is 7.74. The first-order chi connectivity index (χ1) is 12.4. The minimum Gasteiger partial charge on any atom is -0.454 e. The minimum absolute atomic E-state index is 0.0100.